The van der Waals surface area contributed by atoms with E-state index in [-0.39, 0.29) is 28.7 Å². The van der Waals surface area contributed by atoms with Crippen LogP contribution in [0, 0.1) is 12.7 Å². The van der Waals surface area contributed by atoms with E-state index < -0.39 is 24.4 Å². The Morgan fingerprint density at radius 2 is 2.04 bits per heavy atom. The number of benzene rings is 1. The van der Waals surface area contributed by atoms with Gasteiger partial charge < -0.3 is 21.8 Å². The van der Waals surface area contributed by atoms with Crippen molar-refractivity contribution in [2.75, 3.05) is 6.54 Å². The molecule has 0 saturated carbocycles. The van der Waals surface area contributed by atoms with Crippen LogP contribution in [0.15, 0.2) is 35.5 Å². The Kier molecular flexibility index (Phi) is 5.83. The number of nitrogens with two attached hydrogens (primary N) is 2. The molecule has 0 spiro atoms. The molecule has 1 amide bonds. The van der Waals surface area contributed by atoms with Crippen LogP contribution in [0.1, 0.15) is 21.9 Å². The molecule has 0 atom stereocenters. The molecule has 0 bridgehead atoms. The summed E-state index contributed by atoms with van der Waals surface area (Å²) in [5.41, 5.74) is 11.4. The first-order chi connectivity index (χ1) is 12.5. The fraction of sp³-hybridized carbons (Fsp3) is 0.188. The van der Waals surface area contributed by atoms with Gasteiger partial charge in [-0.1, -0.05) is 0 Å². The third kappa shape index (κ3) is 6.13. The third-order valence-electron chi connectivity index (χ3n) is 3.15. The molecule has 0 fully saturated rings. The Labute approximate surface area is 151 Å². The van der Waals surface area contributed by atoms with Gasteiger partial charge in [-0.3, -0.25) is 4.79 Å². The zero-order valence-electron chi connectivity index (χ0n) is 14.1. The maximum Gasteiger partial charge on any atom is 0.405 e. The van der Waals surface area contributed by atoms with Gasteiger partial charge in [0.1, 0.15) is 23.9 Å². The molecule has 11 heteroatoms. The number of nitrogens with zero attached hydrogens (tertiary/aromatic N) is 2. The topological polar surface area (TPSA) is 122 Å². The number of aromatic nitrogens is 2. The van der Waals surface area contributed by atoms with Gasteiger partial charge >= 0.3 is 6.18 Å². The molecule has 0 unspecified atom stereocenters. The number of hydrogen-bond acceptors (Lipinski definition) is 4. The van der Waals surface area contributed by atoms with Crippen LogP contribution in [0.2, 0.25) is 0 Å². The monoisotopic (exact) mass is 384 g/mol. The number of amidine groups is 1. The van der Waals surface area contributed by atoms with Crippen LogP contribution in [0.25, 0.3) is 5.70 Å². The number of alkyl halides is 3. The van der Waals surface area contributed by atoms with Crippen molar-refractivity contribution in [3.05, 3.63) is 53.4 Å². The number of carbonyl (C=O) groups is 1. The minimum Gasteiger partial charge on any atom is -0.384 e. The summed E-state index contributed by atoms with van der Waals surface area (Å²) in [6, 6.07) is 3.95. The fourth-order valence-electron chi connectivity index (χ4n) is 2.09. The van der Waals surface area contributed by atoms with Gasteiger partial charge in [-0.2, -0.15) is 13.2 Å². The first-order valence-corrected chi connectivity index (χ1v) is 7.52. The zero-order valence-corrected chi connectivity index (χ0v) is 14.1. The lowest BCUT2D eigenvalue weighted by molar-refractivity contribution is -0.122. The number of hydrogen-bond donors (Lipinski definition) is 4. The van der Waals surface area contributed by atoms with E-state index in [0.29, 0.717) is 5.56 Å². The number of amides is 1. The minimum absolute atomic E-state index is 0.0957. The summed E-state index contributed by atoms with van der Waals surface area (Å²) >= 11 is 0. The first kappa shape index (κ1) is 19.9. The van der Waals surface area contributed by atoms with E-state index in [9.17, 15) is 22.4 Å². The third-order valence-corrected chi connectivity index (χ3v) is 3.15. The maximum absolute atomic E-state index is 13.4. The van der Waals surface area contributed by atoms with Crippen molar-refractivity contribution in [1.29, 1.82) is 0 Å². The van der Waals surface area contributed by atoms with Gasteiger partial charge in [0, 0.05) is 6.08 Å². The highest BCUT2D eigenvalue weighted by Gasteiger charge is 2.27. The summed E-state index contributed by atoms with van der Waals surface area (Å²) < 4.78 is 51.0. The van der Waals surface area contributed by atoms with Crippen molar-refractivity contribution < 1.29 is 22.4 Å². The Morgan fingerprint density at radius 3 is 2.59 bits per heavy atom. The van der Waals surface area contributed by atoms with E-state index in [1.807, 2.05) is 0 Å². The van der Waals surface area contributed by atoms with E-state index in [0.717, 1.165) is 18.3 Å². The van der Waals surface area contributed by atoms with Crippen LogP contribution in [0.5, 0.6) is 0 Å². The number of aromatic amines is 1. The molecule has 7 nitrogen and oxygen atoms in total. The van der Waals surface area contributed by atoms with Gasteiger partial charge in [0.15, 0.2) is 5.82 Å². The highest BCUT2D eigenvalue weighted by Crippen LogP contribution is 2.18. The molecule has 1 aromatic heterocycles. The first-order valence-electron chi connectivity index (χ1n) is 7.52. The summed E-state index contributed by atoms with van der Waals surface area (Å²) in [5.74, 6) is -1.66. The van der Waals surface area contributed by atoms with Crippen molar-refractivity contribution >= 4 is 23.1 Å². The van der Waals surface area contributed by atoms with E-state index in [1.165, 1.54) is 6.07 Å². The number of aliphatic imine (C=N–C) groups is 1. The lowest BCUT2D eigenvalue weighted by atomic mass is 10.2. The molecule has 0 radical (unpaired) electrons. The highest BCUT2D eigenvalue weighted by atomic mass is 19.4. The van der Waals surface area contributed by atoms with Crippen LogP contribution >= 0.6 is 0 Å². The molecule has 0 aliphatic heterocycles. The number of H-pyrrole nitrogens is 1. The molecule has 6 N–H and O–H groups in total. The maximum atomic E-state index is 13.4. The summed E-state index contributed by atoms with van der Waals surface area (Å²) in [7, 11) is 0. The standard InChI is InChI=1S/C16H16F4N6O/c1-8-2-9(17)4-10(3-8)25-13(21)5-11(24-7-16(18,19)20)15-23-6-12(26-15)14(22)27/h2-6,24H,7H2,1H3,(H2,21,25)(H2,22,27)(H,23,26)/b11-5+. The van der Waals surface area contributed by atoms with Gasteiger partial charge in [0.05, 0.1) is 17.6 Å². The van der Waals surface area contributed by atoms with Gasteiger partial charge in [-0.15, -0.1) is 0 Å². The summed E-state index contributed by atoms with van der Waals surface area (Å²) in [6.07, 6.45) is -2.36. The number of halogens is 4. The van der Waals surface area contributed by atoms with Crippen LogP contribution in [0.4, 0.5) is 23.2 Å². The minimum atomic E-state index is -4.51. The lowest BCUT2D eigenvalue weighted by Crippen LogP contribution is -2.29. The van der Waals surface area contributed by atoms with E-state index in [4.69, 9.17) is 11.5 Å². The molecule has 1 aromatic carbocycles. The second-order valence-electron chi connectivity index (χ2n) is 5.56. The van der Waals surface area contributed by atoms with Gasteiger partial charge in [0.2, 0.25) is 0 Å². The number of aryl methyl sites for hydroxylation is 1. The predicted molar refractivity (Wildman–Crippen MR) is 91.6 cm³/mol. The van der Waals surface area contributed by atoms with Gasteiger partial charge in [0.25, 0.3) is 5.91 Å². The van der Waals surface area contributed by atoms with E-state index >= 15 is 0 Å². The van der Waals surface area contributed by atoms with Crippen molar-refractivity contribution in [2.45, 2.75) is 13.1 Å². The number of nitrogens with one attached hydrogen (secondary N) is 2. The number of carbonyl (C=O) groups excluding carboxylic acids is 1. The second-order valence-corrected chi connectivity index (χ2v) is 5.56. The average Bonchev–Trinajstić information content (AvgIpc) is 2.99. The quantitative estimate of drug-likeness (QED) is 0.346. The molecular weight excluding hydrogens is 368 g/mol. The number of primary amides is 1. The molecular formula is C16H16F4N6O. The molecule has 0 aliphatic rings. The van der Waals surface area contributed by atoms with Crippen molar-refractivity contribution in [3.8, 4) is 0 Å². The molecule has 2 rings (SSSR count). The Hall–Kier alpha value is -3.37. The average molecular weight is 384 g/mol. The van der Waals surface area contributed by atoms with Crippen LogP contribution in [-0.4, -0.2) is 34.4 Å². The number of imidazole rings is 1. The molecule has 0 aliphatic carbocycles. The van der Waals surface area contributed by atoms with Crippen molar-refractivity contribution in [1.82, 2.24) is 15.3 Å². The molecule has 1 heterocycles. The predicted octanol–water partition coefficient (Wildman–Crippen LogP) is 2.14. The largest absolute Gasteiger partial charge is 0.405 e. The van der Waals surface area contributed by atoms with Crippen LogP contribution in [-0.2, 0) is 0 Å². The van der Waals surface area contributed by atoms with Crippen LogP contribution < -0.4 is 16.8 Å². The summed E-state index contributed by atoms with van der Waals surface area (Å²) in [6.45, 7) is 0.274. The smallest absolute Gasteiger partial charge is 0.384 e. The fourth-order valence-corrected chi connectivity index (χ4v) is 2.09. The SMILES string of the molecule is Cc1cc(F)cc(N=C(N)/C=C(/NCC(F)(F)F)c2ncc(C(N)=O)[nH]2)c1. The second kappa shape index (κ2) is 7.89. The van der Waals surface area contributed by atoms with Gasteiger partial charge in [-0.25, -0.2) is 14.4 Å². The molecule has 144 valence electrons. The lowest BCUT2D eigenvalue weighted by Gasteiger charge is -2.11. The summed E-state index contributed by atoms with van der Waals surface area (Å²) in [4.78, 5) is 21.4. The van der Waals surface area contributed by atoms with Gasteiger partial charge in [-0.05, 0) is 30.7 Å². The Bertz CT molecular complexity index is 880. The Morgan fingerprint density at radius 1 is 1.33 bits per heavy atom. The summed E-state index contributed by atoms with van der Waals surface area (Å²) in [5, 5.41) is 2.12. The zero-order chi connectivity index (χ0) is 20.2. The molecule has 0 saturated heterocycles. The molecule has 2 aromatic rings. The Balaban J connectivity index is 2.37. The van der Waals surface area contributed by atoms with E-state index in [2.05, 4.69) is 20.3 Å². The van der Waals surface area contributed by atoms with Crippen molar-refractivity contribution in [3.63, 3.8) is 0 Å². The number of rotatable bonds is 6. The van der Waals surface area contributed by atoms with Crippen LogP contribution in [0.3, 0.4) is 0 Å². The highest BCUT2D eigenvalue weighted by molar-refractivity contribution is 5.99. The normalized spacial score (nSPS) is 12.9. The van der Waals surface area contributed by atoms with Crippen molar-refractivity contribution in [2.24, 2.45) is 16.5 Å². The van der Waals surface area contributed by atoms with E-state index in [1.54, 1.807) is 13.0 Å². The molecule has 27 heavy (non-hydrogen) atoms.